The van der Waals surface area contributed by atoms with E-state index in [1.54, 1.807) is 0 Å². The molecular weight excluding hydrogens is 222 g/mol. The highest BCUT2D eigenvalue weighted by Gasteiger charge is 2.16. The van der Waals surface area contributed by atoms with Crippen molar-refractivity contribution in [2.24, 2.45) is 0 Å². The first-order valence-corrected chi connectivity index (χ1v) is 5.97. The fourth-order valence-electron chi connectivity index (χ4n) is 2.11. The van der Waals surface area contributed by atoms with Crippen LogP contribution in [-0.4, -0.2) is 5.91 Å². The Bertz CT molecular complexity index is 614. The summed E-state index contributed by atoms with van der Waals surface area (Å²) in [6.07, 6.45) is 4.63. The summed E-state index contributed by atoms with van der Waals surface area (Å²) in [4.78, 5) is 11.3. The molecule has 2 nitrogen and oxygen atoms in total. The molecule has 1 amide bonds. The molecule has 2 heteroatoms. The van der Waals surface area contributed by atoms with E-state index in [-0.39, 0.29) is 5.91 Å². The highest BCUT2D eigenvalue weighted by atomic mass is 16.1. The molecule has 1 aliphatic rings. The van der Waals surface area contributed by atoms with Crippen LogP contribution in [0.2, 0.25) is 0 Å². The molecule has 0 saturated heterocycles. The lowest BCUT2D eigenvalue weighted by Gasteiger charge is -1.99. The molecule has 0 aromatic heterocycles. The second-order valence-electron chi connectivity index (χ2n) is 4.39. The predicted octanol–water partition coefficient (Wildman–Crippen LogP) is 3.35. The quantitative estimate of drug-likeness (QED) is 0.794. The van der Waals surface area contributed by atoms with Crippen LogP contribution in [0.25, 0.3) is 12.2 Å². The topological polar surface area (TPSA) is 29.1 Å². The van der Waals surface area contributed by atoms with Crippen molar-refractivity contribution in [1.82, 2.24) is 0 Å². The van der Waals surface area contributed by atoms with Gasteiger partial charge in [0.1, 0.15) is 0 Å². The zero-order chi connectivity index (χ0) is 12.4. The second-order valence-corrected chi connectivity index (χ2v) is 4.39. The molecule has 0 spiro atoms. The molecule has 0 bridgehead atoms. The third-order valence-electron chi connectivity index (χ3n) is 3.02. The average Bonchev–Trinajstić information content (AvgIpc) is 2.77. The summed E-state index contributed by atoms with van der Waals surface area (Å²) < 4.78 is 0. The van der Waals surface area contributed by atoms with Crippen LogP contribution >= 0.6 is 0 Å². The molecule has 0 saturated carbocycles. The molecule has 3 rings (SSSR count). The van der Waals surface area contributed by atoms with Gasteiger partial charge in [0.2, 0.25) is 5.91 Å². The summed E-state index contributed by atoms with van der Waals surface area (Å²) in [6.45, 7) is 0. The van der Waals surface area contributed by atoms with E-state index >= 15 is 0 Å². The van der Waals surface area contributed by atoms with E-state index in [0.717, 1.165) is 16.8 Å². The predicted molar refractivity (Wildman–Crippen MR) is 74.1 cm³/mol. The Hall–Kier alpha value is -2.35. The maximum atomic E-state index is 11.3. The van der Waals surface area contributed by atoms with Gasteiger partial charge in [-0.2, -0.15) is 0 Å². The maximum Gasteiger partial charge on any atom is 0.228 e. The number of fused-ring (bicyclic) bond motifs is 1. The molecule has 1 heterocycles. The van der Waals surface area contributed by atoms with Crippen molar-refractivity contribution in [2.75, 3.05) is 5.32 Å². The second kappa shape index (κ2) is 4.49. The lowest BCUT2D eigenvalue weighted by atomic mass is 10.1. The van der Waals surface area contributed by atoms with Crippen molar-refractivity contribution < 1.29 is 4.79 Å². The van der Waals surface area contributed by atoms with Gasteiger partial charge >= 0.3 is 0 Å². The molecule has 0 atom stereocenters. The summed E-state index contributed by atoms with van der Waals surface area (Å²) in [5.41, 5.74) is 4.31. The molecule has 2 aromatic carbocycles. The number of carbonyl (C=O) groups excluding carboxylic acids is 1. The third-order valence-corrected chi connectivity index (χ3v) is 3.02. The van der Waals surface area contributed by atoms with Crippen LogP contribution in [-0.2, 0) is 11.2 Å². The number of hydrogen-bond donors (Lipinski definition) is 1. The SMILES string of the molecule is O=C1Cc2cc(C=Cc3ccccc3)ccc2N1. The molecule has 88 valence electrons. The Morgan fingerprint density at radius 1 is 0.944 bits per heavy atom. The van der Waals surface area contributed by atoms with E-state index in [1.165, 1.54) is 5.56 Å². The fourth-order valence-corrected chi connectivity index (χ4v) is 2.11. The number of rotatable bonds is 2. The van der Waals surface area contributed by atoms with Gasteiger partial charge in [-0.25, -0.2) is 0 Å². The highest BCUT2D eigenvalue weighted by molar-refractivity contribution is 5.99. The first kappa shape index (κ1) is 10.8. The van der Waals surface area contributed by atoms with Crippen LogP contribution in [0.5, 0.6) is 0 Å². The molecular formula is C16H13NO. The molecule has 2 aromatic rings. The minimum atomic E-state index is 0.0780. The first-order chi connectivity index (χ1) is 8.81. The Labute approximate surface area is 106 Å². The van der Waals surface area contributed by atoms with Gasteiger partial charge in [0.25, 0.3) is 0 Å². The van der Waals surface area contributed by atoms with Crippen molar-refractivity contribution in [3.05, 3.63) is 65.2 Å². The van der Waals surface area contributed by atoms with Gasteiger partial charge in [-0.1, -0.05) is 48.6 Å². The minimum absolute atomic E-state index is 0.0780. The van der Waals surface area contributed by atoms with Crippen LogP contribution in [0.4, 0.5) is 5.69 Å². The molecule has 0 aliphatic carbocycles. The van der Waals surface area contributed by atoms with Crippen LogP contribution in [0, 0.1) is 0 Å². The number of hydrogen-bond acceptors (Lipinski definition) is 1. The Balaban J connectivity index is 1.85. The van der Waals surface area contributed by atoms with Crippen LogP contribution in [0.3, 0.4) is 0 Å². The van der Waals surface area contributed by atoms with Gasteiger partial charge in [0.15, 0.2) is 0 Å². The molecule has 18 heavy (non-hydrogen) atoms. The van der Waals surface area contributed by atoms with Crippen molar-refractivity contribution in [2.45, 2.75) is 6.42 Å². The van der Waals surface area contributed by atoms with Crippen molar-refractivity contribution in [3.63, 3.8) is 0 Å². The van der Waals surface area contributed by atoms with Crippen LogP contribution in [0.15, 0.2) is 48.5 Å². The first-order valence-electron chi connectivity index (χ1n) is 5.97. The molecule has 0 fully saturated rings. The fraction of sp³-hybridized carbons (Fsp3) is 0.0625. The number of carbonyl (C=O) groups is 1. The van der Waals surface area contributed by atoms with E-state index in [2.05, 4.69) is 35.7 Å². The lowest BCUT2D eigenvalue weighted by molar-refractivity contribution is -0.115. The number of amides is 1. The number of benzene rings is 2. The molecule has 1 aliphatic heterocycles. The van der Waals surface area contributed by atoms with Gasteiger partial charge in [-0.3, -0.25) is 4.79 Å². The van der Waals surface area contributed by atoms with E-state index in [9.17, 15) is 4.79 Å². The summed E-state index contributed by atoms with van der Waals surface area (Å²) >= 11 is 0. The van der Waals surface area contributed by atoms with E-state index < -0.39 is 0 Å². The largest absolute Gasteiger partial charge is 0.326 e. The van der Waals surface area contributed by atoms with Gasteiger partial charge in [0, 0.05) is 5.69 Å². The van der Waals surface area contributed by atoms with Crippen molar-refractivity contribution >= 4 is 23.7 Å². The molecule has 1 N–H and O–H groups in total. The standard InChI is InChI=1S/C16H13NO/c18-16-11-14-10-13(8-9-15(14)17-16)7-6-12-4-2-1-3-5-12/h1-10H,11H2,(H,17,18). The Morgan fingerprint density at radius 2 is 1.72 bits per heavy atom. The Morgan fingerprint density at radius 3 is 2.56 bits per heavy atom. The summed E-state index contributed by atoms with van der Waals surface area (Å²) in [6, 6.07) is 16.2. The minimum Gasteiger partial charge on any atom is -0.326 e. The summed E-state index contributed by atoms with van der Waals surface area (Å²) in [5, 5.41) is 2.84. The van der Waals surface area contributed by atoms with Gasteiger partial charge in [-0.15, -0.1) is 0 Å². The average molecular weight is 235 g/mol. The van der Waals surface area contributed by atoms with Gasteiger partial charge in [-0.05, 0) is 28.8 Å². The van der Waals surface area contributed by atoms with Crippen molar-refractivity contribution in [1.29, 1.82) is 0 Å². The number of anilines is 1. The van der Waals surface area contributed by atoms with Gasteiger partial charge in [0.05, 0.1) is 6.42 Å². The smallest absolute Gasteiger partial charge is 0.228 e. The Kier molecular flexibility index (Phi) is 2.69. The van der Waals surface area contributed by atoms with Crippen molar-refractivity contribution in [3.8, 4) is 0 Å². The highest BCUT2D eigenvalue weighted by Crippen LogP contribution is 2.24. The maximum absolute atomic E-state index is 11.3. The van der Waals surface area contributed by atoms with Crippen LogP contribution in [0.1, 0.15) is 16.7 Å². The lowest BCUT2D eigenvalue weighted by Crippen LogP contribution is -2.03. The summed E-state index contributed by atoms with van der Waals surface area (Å²) in [5.74, 6) is 0.0780. The van der Waals surface area contributed by atoms with E-state index in [0.29, 0.717) is 6.42 Å². The zero-order valence-corrected chi connectivity index (χ0v) is 9.89. The zero-order valence-electron chi connectivity index (χ0n) is 9.89. The monoisotopic (exact) mass is 235 g/mol. The van der Waals surface area contributed by atoms with E-state index in [4.69, 9.17) is 0 Å². The van der Waals surface area contributed by atoms with Gasteiger partial charge < -0.3 is 5.32 Å². The number of nitrogens with one attached hydrogen (secondary N) is 1. The summed E-state index contributed by atoms with van der Waals surface area (Å²) in [7, 11) is 0. The van der Waals surface area contributed by atoms with Crippen LogP contribution < -0.4 is 5.32 Å². The van der Waals surface area contributed by atoms with E-state index in [1.807, 2.05) is 30.3 Å². The third kappa shape index (κ3) is 2.18. The molecule has 0 radical (unpaired) electrons. The normalized spacial score (nSPS) is 13.7. The molecule has 0 unspecified atom stereocenters.